The fraction of sp³-hybridized carbons (Fsp3) is 0.500. The number of benzene rings is 1. The molecule has 6 heteroatoms. The average molecular weight is 346 g/mol. The van der Waals surface area contributed by atoms with Crippen molar-refractivity contribution in [2.75, 3.05) is 24.6 Å². The molecule has 1 atom stereocenters. The highest BCUT2D eigenvalue weighted by atomic mass is 79.9. The van der Waals surface area contributed by atoms with Gasteiger partial charge in [0.25, 0.3) is 0 Å². The lowest BCUT2D eigenvalue weighted by Gasteiger charge is -2.34. The Morgan fingerprint density at radius 3 is 3.00 bits per heavy atom. The summed E-state index contributed by atoms with van der Waals surface area (Å²) in [6, 6.07) is 2.95. The Bertz CT molecular complexity index is 507. The van der Waals surface area contributed by atoms with Crippen LogP contribution in [0.4, 0.5) is 10.1 Å². The number of piperidine rings is 1. The third-order valence-corrected chi connectivity index (χ3v) is 4.19. The van der Waals surface area contributed by atoms with Gasteiger partial charge in [-0.3, -0.25) is 0 Å². The highest BCUT2D eigenvalue weighted by Gasteiger charge is 2.24. The molecule has 0 aliphatic carbocycles. The standard InChI is InChI=1S/C14H17BrFNO3/c1-2-20-9-4-3-7-17(8-9)11-6-5-10(14(18)19)12(15)13(11)16/h5-6,9H,2-4,7-8H2,1H3,(H,18,19). The molecule has 0 radical (unpaired) electrons. The Morgan fingerprint density at radius 2 is 2.35 bits per heavy atom. The first-order valence-electron chi connectivity index (χ1n) is 6.62. The van der Waals surface area contributed by atoms with Crippen molar-refractivity contribution in [1.29, 1.82) is 0 Å². The van der Waals surface area contributed by atoms with E-state index in [9.17, 15) is 9.18 Å². The van der Waals surface area contributed by atoms with E-state index in [-0.39, 0.29) is 16.1 Å². The second-order valence-corrected chi connectivity index (χ2v) is 5.52. The zero-order chi connectivity index (χ0) is 14.7. The molecule has 0 saturated carbocycles. The Labute approximate surface area is 125 Å². The van der Waals surface area contributed by atoms with Gasteiger partial charge in [0.1, 0.15) is 0 Å². The highest BCUT2D eigenvalue weighted by Crippen LogP contribution is 2.31. The molecule has 1 fully saturated rings. The van der Waals surface area contributed by atoms with E-state index in [1.54, 1.807) is 0 Å². The van der Waals surface area contributed by atoms with Crippen LogP contribution in [-0.2, 0) is 4.74 Å². The van der Waals surface area contributed by atoms with Crippen molar-refractivity contribution >= 4 is 27.6 Å². The van der Waals surface area contributed by atoms with Gasteiger partial charge in [0, 0.05) is 19.7 Å². The van der Waals surface area contributed by atoms with Crippen molar-refractivity contribution in [3.63, 3.8) is 0 Å². The van der Waals surface area contributed by atoms with E-state index < -0.39 is 11.8 Å². The molecule has 2 rings (SSSR count). The number of rotatable bonds is 4. The van der Waals surface area contributed by atoms with Crippen LogP contribution in [0, 0.1) is 5.82 Å². The first kappa shape index (κ1) is 15.3. The second-order valence-electron chi connectivity index (χ2n) is 4.73. The van der Waals surface area contributed by atoms with Crippen molar-refractivity contribution in [3.05, 3.63) is 28.0 Å². The molecule has 110 valence electrons. The normalized spacial score (nSPS) is 19.1. The molecule has 1 aliphatic rings. The fourth-order valence-electron chi connectivity index (χ4n) is 2.48. The summed E-state index contributed by atoms with van der Waals surface area (Å²) in [5, 5.41) is 8.97. The number of hydrogen-bond acceptors (Lipinski definition) is 3. The Hall–Kier alpha value is -1.14. The lowest BCUT2D eigenvalue weighted by atomic mass is 10.1. The van der Waals surface area contributed by atoms with E-state index in [1.165, 1.54) is 12.1 Å². The summed E-state index contributed by atoms with van der Waals surface area (Å²) in [6.07, 6.45) is 2.01. The second kappa shape index (κ2) is 6.54. The van der Waals surface area contributed by atoms with Gasteiger partial charge in [-0.2, -0.15) is 0 Å². The maximum absolute atomic E-state index is 14.3. The minimum atomic E-state index is -1.15. The van der Waals surface area contributed by atoms with E-state index in [4.69, 9.17) is 9.84 Å². The number of hydrogen-bond donors (Lipinski definition) is 1. The molecule has 1 N–H and O–H groups in total. The quantitative estimate of drug-likeness (QED) is 0.909. The molecule has 1 aliphatic heterocycles. The molecular weight excluding hydrogens is 329 g/mol. The molecule has 0 amide bonds. The number of anilines is 1. The third kappa shape index (κ3) is 3.12. The van der Waals surface area contributed by atoms with Gasteiger partial charge < -0.3 is 14.7 Å². The first-order chi connectivity index (χ1) is 9.54. The smallest absolute Gasteiger partial charge is 0.336 e. The fourth-order valence-corrected chi connectivity index (χ4v) is 2.98. The molecular formula is C14H17BrFNO3. The topological polar surface area (TPSA) is 49.8 Å². The van der Waals surface area contributed by atoms with E-state index in [1.807, 2.05) is 11.8 Å². The molecule has 1 saturated heterocycles. The number of halogens is 2. The summed E-state index contributed by atoms with van der Waals surface area (Å²) in [7, 11) is 0. The lowest BCUT2D eigenvalue weighted by Crippen LogP contribution is -2.40. The Morgan fingerprint density at radius 1 is 1.60 bits per heavy atom. The van der Waals surface area contributed by atoms with Crippen LogP contribution in [0.2, 0.25) is 0 Å². The van der Waals surface area contributed by atoms with Gasteiger partial charge in [-0.1, -0.05) is 0 Å². The monoisotopic (exact) mass is 345 g/mol. The van der Waals surface area contributed by atoms with Gasteiger partial charge in [0.05, 0.1) is 21.8 Å². The molecule has 0 aromatic heterocycles. The van der Waals surface area contributed by atoms with Crippen LogP contribution < -0.4 is 4.90 Å². The zero-order valence-electron chi connectivity index (χ0n) is 11.2. The number of carboxylic acids is 1. The van der Waals surface area contributed by atoms with E-state index in [2.05, 4.69) is 15.9 Å². The molecule has 1 heterocycles. The van der Waals surface area contributed by atoms with Crippen LogP contribution in [0.5, 0.6) is 0 Å². The SMILES string of the molecule is CCOC1CCCN(c2ccc(C(=O)O)c(Br)c2F)C1. The number of carboxylic acid groups (broad SMARTS) is 1. The summed E-state index contributed by atoms with van der Waals surface area (Å²) in [4.78, 5) is 12.9. The summed E-state index contributed by atoms with van der Waals surface area (Å²) in [5.74, 6) is -1.67. The van der Waals surface area contributed by atoms with Gasteiger partial charge in [0.15, 0.2) is 5.82 Å². The van der Waals surface area contributed by atoms with E-state index in [0.29, 0.717) is 18.8 Å². The van der Waals surface area contributed by atoms with Gasteiger partial charge >= 0.3 is 5.97 Å². The maximum atomic E-state index is 14.3. The van der Waals surface area contributed by atoms with Gasteiger partial charge in [-0.25, -0.2) is 9.18 Å². The minimum Gasteiger partial charge on any atom is -0.478 e. The highest BCUT2D eigenvalue weighted by molar-refractivity contribution is 9.10. The van der Waals surface area contributed by atoms with Gasteiger partial charge in [-0.05, 0) is 47.8 Å². The van der Waals surface area contributed by atoms with Crippen LogP contribution in [0.15, 0.2) is 16.6 Å². The third-order valence-electron chi connectivity index (χ3n) is 3.41. The average Bonchev–Trinajstić information content (AvgIpc) is 2.42. The summed E-state index contributed by atoms with van der Waals surface area (Å²) in [5.41, 5.74) is 0.357. The maximum Gasteiger partial charge on any atom is 0.336 e. The minimum absolute atomic E-state index is 0.000957. The van der Waals surface area contributed by atoms with Gasteiger partial charge in [-0.15, -0.1) is 0 Å². The van der Waals surface area contributed by atoms with Crippen molar-refractivity contribution in [2.45, 2.75) is 25.9 Å². The molecule has 1 aromatic rings. The van der Waals surface area contributed by atoms with Crippen LogP contribution >= 0.6 is 15.9 Å². The summed E-state index contributed by atoms with van der Waals surface area (Å²) >= 11 is 3.03. The largest absolute Gasteiger partial charge is 0.478 e. The number of nitrogens with zero attached hydrogens (tertiary/aromatic N) is 1. The molecule has 1 unspecified atom stereocenters. The molecule has 0 bridgehead atoms. The Balaban J connectivity index is 2.24. The number of ether oxygens (including phenoxy) is 1. The predicted octanol–water partition coefficient (Wildman–Crippen LogP) is 3.29. The van der Waals surface area contributed by atoms with Crippen molar-refractivity contribution in [2.24, 2.45) is 0 Å². The van der Waals surface area contributed by atoms with Crippen molar-refractivity contribution in [1.82, 2.24) is 0 Å². The number of aromatic carboxylic acids is 1. The van der Waals surface area contributed by atoms with Crippen LogP contribution in [-0.4, -0.2) is 36.9 Å². The van der Waals surface area contributed by atoms with E-state index >= 15 is 0 Å². The number of carbonyl (C=O) groups is 1. The van der Waals surface area contributed by atoms with Crippen LogP contribution in [0.3, 0.4) is 0 Å². The molecule has 0 spiro atoms. The van der Waals surface area contributed by atoms with Crippen molar-refractivity contribution in [3.8, 4) is 0 Å². The first-order valence-corrected chi connectivity index (χ1v) is 7.41. The van der Waals surface area contributed by atoms with Gasteiger partial charge in [0.2, 0.25) is 0 Å². The van der Waals surface area contributed by atoms with Crippen LogP contribution in [0.25, 0.3) is 0 Å². The molecule has 1 aromatic carbocycles. The zero-order valence-corrected chi connectivity index (χ0v) is 12.8. The van der Waals surface area contributed by atoms with Crippen molar-refractivity contribution < 1.29 is 19.0 Å². The van der Waals surface area contributed by atoms with E-state index in [0.717, 1.165) is 19.4 Å². The molecule has 20 heavy (non-hydrogen) atoms. The summed E-state index contributed by atoms with van der Waals surface area (Å²) in [6.45, 7) is 3.96. The predicted molar refractivity (Wildman–Crippen MR) is 77.9 cm³/mol. The lowest BCUT2D eigenvalue weighted by molar-refractivity contribution is 0.0525. The molecule has 4 nitrogen and oxygen atoms in total. The summed E-state index contributed by atoms with van der Waals surface area (Å²) < 4.78 is 19.9. The Kier molecular flexibility index (Phi) is 4.99. The van der Waals surface area contributed by atoms with Crippen LogP contribution in [0.1, 0.15) is 30.1 Å².